The first-order valence-corrected chi connectivity index (χ1v) is 6.81. The van der Waals surface area contributed by atoms with Gasteiger partial charge in [-0.1, -0.05) is 0 Å². The Kier molecular flexibility index (Phi) is 6.39. The molecule has 2 N–H and O–H groups in total. The Bertz CT molecular complexity index is 261. The summed E-state index contributed by atoms with van der Waals surface area (Å²) < 4.78 is 0. The van der Waals surface area contributed by atoms with Gasteiger partial charge in [0.2, 0.25) is 5.91 Å². The predicted octanol–water partition coefficient (Wildman–Crippen LogP) is 1.01. The van der Waals surface area contributed by atoms with Crippen molar-refractivity contribution in [3.8, 4) is 0 Å². The van der Waals surface area contributed by atoms with Gasteiger partial charge in [0, 0.05) is 31.6 Å². The lowest BCUT2D eigenvalue weighted by molar-refractivity contribution is -0.122. The molecule has 2 heterocycles. The first-order valence-electron chi connectivity index (χ1n) is 6.81. The van der Waals surface area contributed by atoms with Crippen LogP contribution in [0.3, 0.4) is 0 Å². The summed E-state index contributed by atoms with van der Waals surface area (Å²) in [6.45, 7) is 1.69. The van der Waals surface area contributed by atoms with E-state index in [4.69, 9.17) is 0 Å². The van der Waals surface area contributed by atoms with E-state index in [-0.39, 0.29) is 18.3 Å². The van der Waals surface area contributed by atoms with Gasteiger partial charge in [0.1, 0.15) is 0 Å². The SMILES string of the molecule is CN(C)CCNC(=O)CC1CC2CCC(C1)N2.Cl. The van der Waals surface area contributed by atoms with E-state index in [1.807, 2.05) is 14.1 Å². The van der Waals surface area contributed by atoms with Crippen LogP contribution in [0.4, 0.5) is 0 Å². The molecule has 2 bridgehead atoms. The zero-order valence-electron chi connectivity index (χ0n) is 11.4. The molecule has 18 heavy (non-hydrogen) atoms. The lowest BCUT2D eigenvalue weighted by atomic mass is 9.89. The zero-order valence-corrected chi connectivity index (χ0v) is 12.3. The summed E-state index contributed by atoms with van der Waals surface area (Å²) in [7, 11) is 4.05. The van der Waals surface area contributed by atoms with Crippen LogP contribution < -0.4 is 10.6 Å². The average Bonchev–Trinajstić information content (AvgIpc) is 2.57. The molecule has 1 amide bonds. The summed E-state index contributed by atoms with van der Waals surface area (Å²) in [5.74, 6) is 0.839. The van der Waals surface area contributed by atoms with Crippen LogP contribution in [-0.4, -0.2) is 50.1 Å². The number of likely N-dealkylation sites (N-methyl/N-ethyl adjacent to an activating group) is 1. The molecule has 0 aromatic heterocycles. The summed E-state index contributed by atoms with van der Waals surface area (Å²) in [6.07, 6.45) is 5.73. The summed E-state index contributed by atoms with van der Waals surface area (Å²) >= 11 is 0. The second-order valence-corrected chi connectivity index (χ2v) is 5.83. The minimum Gasteiger partial charge on any atom is -0.355 e. The summed E-state index contributed by atoms with van der Waals surface area (Å²) in [5, 5.41) is 6.62. The van der Waals surface area contributed by atoms with Crippen molar-refractivity contribution in [2.45, 2.75) is 44.2 Å². The molecule has 2 fully saturated rings. The normalized spacial score (nSPS) is 30.1. The molecule has 0 aromatic carbocycles. The highest BCUT2D eigenvalue weighted by atomic mass is 35.5. The van der Waals surface area contributed by atoms with E-state index in [2.05, 4.69) is 15.5 Å². The van der Waals surface area contributed by atoms with Crippen LogP contribution in [0.25, 0.3) is 0 Å². The molecule has 2 unspecified atom stereocenters. The first-order chi connectivity index (χ1) is 8.13. The zero-order chi connectivity index (χ0) is 12.3. The first kappa shape index (κ1) is 15.7. The molecule has 0 radical (unpaired) electrons. The third-order valence-corrected chi connectivity index (χ3v) is 3.93. The number of fused-ring (bicyclic) bond motifs is 2. The van der Waals surface area contributed by atoms with Gasteiger partial charge in [0.05, 0.1) is 0 Å². The fraction of sp³-hybridized carbons (Fsp3) is 0.923. The Morgan fingerprint density at radius 3 is 2.44 bits per heavy atom. The van der Waals surface area contributed by atoms with Gasteiger partial charge in [-0.2, -0.15) is 0 Å². The standard InChI is InChI=1S/C13H25N3O.ClH/c1-16(2)6-5-14-13(17)9-10-7-11-3-4-12(8-10)15-11;/h10-12,15H,3-9H2,1-2H3,(H,14,17);1H. The van der Waals surface area contributed by atoms with Crippen LogP contribution in [0.1, 0.15) is 32.1 Å². The number of nitrogens with one attached hydrogen (secondary N) is 2. The molecule has 2 saturated heterocycles. The second-order valence-electron chi connectivity index (χ2n) is 5.83. The molecular formula is C13H26ClN3O. The van der Waals surface area contributed by atoms with Gasteiger partial charge < -0.3 is 15.5 Å². The van der Waals surface area contributed by atoms with Crippen molar-refractivity contribution in [1.82, 2.24) is 15.5 Å². The van der Waals surface area contributed by atoms with E-state index < -0.39 is 0 Å². The van der Waals surface area contributed by atoms with E-state index in [0.29, 0.717) is 18.0 Å². The topological polar surface area (TPSA) is 44.4 Å². The predicted molar refractivity (Wildman–Crippen MR) is 76.1 cm³/mol. The Balaban J connectivity index is 0.00000162. The van der Waals surface area contributed by atoms with Crippen molar-refractivity contribution in [1.29, 1.82) is 0 Å². The number of rotatable bonds is 5. The molecule has 2 rings (SSSR count). The number of amides is 1. The highest BCUT2D eigenvalue weighted by Crippen LogP contribution is 2.32. The van der Waals surface area contributed by atoms with Crippen molar-refractivity contribution in [3.63, 3.8) is 0 Å². The fourth-order valence-electron chi connectivity index (χ4n) is 3.10. The molecule has 2 atom stereocenters. The summed E-state index contributed by atoms with van der Waals surface area (Å²) in [4.78, 5) is 13.9. The molecule has 5 heteroatoms. The molecule has 2 aliphatic rings. The summed E-state index contributed by atoms with van der Waals surface area (Å²) in [6, 6.07) is 1.38. The van der Waals surface area contributed by atoms with Crippen LogP contribution >= 0.6 is 12.4 Å². The van der Waals surface area contributed by atoms with Crippen LogP contribution in [0.15, 0.2) is 0 Å². The van der Waals surface area contributed by atoms with Gasteiger partial charge in [-0.05, 0) is 45.7 Å². The molecule has 0 spiro atoms. The maximum atomic E-state index is 11.8. The van der Waals surface area contributed by atoms with Gasteiger partial charge in [-0.15, -0.1) is 12.4 Å². The van der Waals surface area contributed by atoms with Gasteiger partial charge in [0.15, 0.2) is 0 Å². The highest BCUT2D eigenvalue weighted by Gasteiger charge is 2.33. The van der Waals surface area contributed by atoms with E-state index in [1.54, 1.807) is 0 Å². The number of carbonyl (C=O) groups is 1. The van der Waals surface area contributed by atoms with Gasteiger partial charge >= 0.3 is 0 Å². The smallest absolute Gasteiger partial charge is 0.220 e. The minimum atomic E-state index is 0. The van der Waals surface area contributed by atoms with E-state index in [9.17, 15) is 4.79 Å². The monoisotopic (exact) mass is 275 g/mol. The Morgan fingerprint density at radius 1 is 1.28 bits per heavy atom. The molecule has 106 valence electrons. The number of carbonyl (C=O) groups excluding carboxylic acids is 1. The van der Waals surface area contributed by atoms with Crippen molar-refractivity contribution < 1.29 is 4.79 Å². The molecule has 2 aliphatic heterocycles. The van der Waals surface area contributed by atoms with Crippen molar-refractivity contribution in [2.24, 2.45) is 5.92 Å². The molecule has 0 aliphatic carbocycles. The number of piperidine rings is 1. The average molecular weight is 276 g/mol. The number of hydrogen-bond donors (Lipinski definition) is 2. The van der Waals surface area contributed by atoms with E-state index in [0.717, 1.165) is 19.5 Å². The quantitative estimate of drug-likeness (QED) is 0.787. The van der Waals surface area contributed by atoms with Gasteiger partial charge in [-0.25, -0.2) is 0 Å². The molecular weight excluding hydrogens is 250 g/mol. The van der Waals surface area contributed by atoms with E-state index >= 15 is 0 Å². The Labute approximate surface area is 116 Å². The number of halogens is 1. The molecule has 4 nitrogen and oxygen atoms in total. The maximum absolute atomic E-state index is 11.8. The number of nitrogens with zero attached hydrogens (tertiary/aromatic N) is 1. The Hall–Kier alpha value is -0.320. The molecule has 0 saturated carbocycles. The van der Waals surface area contributed by atoms with Crippen LogP contribution in [0.5, 0.6) is 0 Å². The summed E-state index contributed by atoms with van der Waals surface area (Å²) in [5.41, 5.74) is 0. The largest absolute Gasteiger partial charge is 0.355 e. The van der Waals surface area contributed by atoms with Gasteiger partial charge in [0.25, 0.3) is 0 Å². The second kappa shape index (κ2) is 7.31. The third-order valence-electron chi connectivity index (χ3n) is 3.93. The minimum absolute atomic E-state index is 0. The van der Waals surface area contributed by atoms with E-state index in [1.165, 1.54) is 25.7 Å². The van der Waals surface area contributed by atoms with Crippen LogP contribution in [0.2, 0.25) is 0 Å². The lowest BCUT2D eigenvalue weighted by Gasteiger charge is -2.28. The van der Waals surface area contributed by atoms with Crippen molar-refractivity contribution in [3.05, 3.63) is 0 Å². The maximum Gasteiger partial charge on any atom is 0.220 e. The van der Waals surface area contributed by atoms with Crippen molar-refractivity contribution >= 4 is 18.3 Å². The molecule has 0 aromatic rings. The number of hydrogen-bond acceptors (Lipinski definition) is 3. The van der Waals surface area contributed by atoms with Gasteiger partial charge in [-0.3, -0.25) is 4.79 Å². The van der Waals surface area contributed by atoms with Crippen LogP contribution in [-0.2, 0) is 4.79 Å². The lowest BCUT2D eigenvalue weighted by Crippen LogP contribution is -2.40. The highest BCUT2D eigenvalue weighted by molar-refractivity contribution is 5.85. The van der Waals surface area contributed by atoms with Crippen LogP contribution in [0, 0.1) is 5.92 Å². The third kappa shape index (κ3) is 4.75. The fourth-order valence-corrected chi connectivity index (χ4v) is 3.10. The Morgan fingerprint density at radius 2 is 1.89 bits per heavy atom. The van der Waals surface area contributed by atoms with Crippen molar-refractivity contribution in [2.75, 3.05) is 27.2 Å².